The van der Waals surface area contributed by atoms with Gasteiger partial charge in [-0.2, -0.15) is 0 Å². The fraction of sp³-hybridized carbons (Fsp3) is 0.421. The van der Waals surface area contributed by atoms with Crippen molar-refractivity contribution in [3.8, 4) is 11.3 Å². The Morgan fingerprint density at radius 3 is 2.81 bits per heavy atom. The topological polar surface area (TPSA) is 109 Å². The highest BCUT2D eigenvalue weighted by atomic mass is 16.6. The van der Waals surface area contributed by atoms with Gasteiger partial charge in [-0.05, 0) is 31.5 Å². The average molecular weight is 373 g/mol. The fourth-order valence-corrected chi connectivity index (χ4v) is 3.37. The van der Waals surface area contributed by atoms with Crippen LogP contribution in [0.2, 0.25) is 0 Å². The van der Waals surface area contributed by atoms with Crippen LogP contribution >= 0.6 is 0 Å². The molecule has 2 aromatic rings. The van der Waals surface area contributed by atoms with Gasteiger partial charge in [0.25, 0.3) is 5.69 Å². The maximum atomic E-state index is 10.9. The third kappa shape index (κ3) is 4.72. The number of carboxylic acids is 1. The van der Waals surface area contributed by atoms with Crippen molar-refractivity contribution in [1.29, 1.82) is 0 Å². The van der Waals surface area contributed by atoms with Gasteiger partial charge in [-0.1, -0.05) is 19.1 Å². The summed E-state index contributed by atoms with van der Waals surface area (Å²) in [4.78, 5) is 23.3. The monoisotopic (exact) mass is 373 g/mol. The van der Waals surface area contributed by atoms with E-state index in [4.69, 9.17) is 9.52 Å². The summed E-state index contributed by atoms with van der Waals surface area (Å²) in [6.45, 7) is 3.35. The summed E-state index contributed by atoms with van der Waals surface area (Å²) in [5.41, 5.74) is 0.706. The van der Waals surface area contributed by atoms with E-state index in [-0.39, 0.29) is 12.2 Å². The van der Waals surface area contributed by atoms with Gasteiger partial charge in [-0.3, -0.25) is 19.8 Å². The predicted molar refractivity (Wildman–Crippen MR) is 99.3 cm³/mol. The molecule has 0 unspecified atom stereocenters. The van der Waals surface area contributed by atoms with Crippen molar-refractivity contribution in [3.05, 3.63) is 52.3 Å². The van der Waals surface area contributed by atoms with Gasteiger partial charge in [-0.25, -0.2) is 0 Å². The van der Waals surface area contributed by atoms with Gasteiger partial charge < -0.3 is 14.8 Å². The number of furan rings is 1. The number of nitro groups is 1. The Morgan fingerprint density at radius 2 is 2.15 bits per heavy atom. The molecule has 8 nitrogen and oxygen atoms in total. The molecule has 1 saturated carbocycles. The molecule has 1 aliphatic carbocycles. The third-order valence-electron chi connectivity index (χ3n) is 4.94. The molecule has 1 heterocycles. The molecule has 0 amide bonds. The molecular weight excluding hydrogens is 350 g/mol. The molecule has 144 valence electrons. The van der Waals surface area contributed by atoms with Crippen LogP contribution < -0.4 is 5.32 Å². The van der Waals surface area contributed by atoms with Crippen LogP contribution in [0.3, 0.4) is 0 Å². The number of carboxylic acid groups (broad SMARTS) is 1. The van der Waals surface area contributed by atoms with E-state index in [9.17, 15) is 14.9 Å². The molecule has 0 spiro atoms. The zero-order valence-corrected chi connectivity index (χ0v) is 15.1. The quantitative estimate of drug-likeness (QED) is 0.514. The zero-order chi connectivity index (χ0) is 19.4. The molecule has 0 aliphatic heterocycles. The van der Waals surface area contributed by atoms with Crippen molar-refractivity contribution in [2.75, 3.05) is 13.1 Å². The van der Waals surface area contributed by atoms with Crippen LogP contribution in [0.1, 0.15) is 25.5 Å². The zero-order valence-electron chi connectivity index (χ0n) is 15.1. The van der Waals surface area contributed by atoms with Crippen LogP contribution in [0.5, 0.6) is 0 Å². The molecule has 3 rings (SSSR count). The van der Waals surface area contributed by atoms with E-state index in [2.05, 4.69) is 5.32 Å². The van der Waals surface area contributed by atoms with Gasteiger partial charge in [0, 0.05) is 29.8 Å². The Labute approximate surface area is 156 Å². The van der Waals surface area contributed by atoms with Crippen molar-refractivity contribution >= 4 is 11.7 Å². The number of aliphatic carboxylic acids is 1. The minimum atomic E-state index is -0.794. The van der Waals surface area contributed by atoms with Crippen molar-refractivity contribution in [3.63, 3.8) is 0 Å². The van der Waals surface area contributed by atoms with Gasteiger partial charge in [0.15, 0.2) is 0 Å². The summed E-state index contributed by atoms with van der Waals surface area (Å²) in [5, 5.41) is 23.2. The first-order chi connectivity index (χ1) is 13.0. The Hall–Kier alpha value is -2.71. The highest BCUT2D eigenvalue weighted by Crippen LogP contribution is 2.28. The van der Waals surface area contributed by atoms with Crippen molar-refractivity contribution in [2.45, 2.75) is 38.4 Å². The number of nitrogens with one attached hydrogen (secondary N) is 1. The van der Waals surface area contributed by atoms with Crippen LogP contribution in [0.4, 0.5) is 5.69 Å². The van der Waals surface area contributed by atoms with Gasteiger partial charge in [0.05, 0.1) is 18.0 Å². The molecule has 1 aliphatic rings. The number of likely N-dealkylation sites (N-methyl/N-ethyl adjacent to an activating group) is 1. The van der Waals surface area contributed by atoms with Crippen LogP contribution in [0.25, 0.3) is 11.3 Å². The molecule has 0 bridgehead atoms. The summed E-state index contributed by atoms with van der Waals surface area (Å²) in [6, 6.07) is 10.7. The first kappa shape index (κ1) is 19.1. The lowest BCUT2D eigenvalue weighted by Crippen LogP contribution is -2.53. The molecule has 1 aromatic heterocycles. The second kappa shape index (κ2) is 8.32. The van der Waals surface area contributed by atoms with E-state index >= 15 is 0 Å². The summed E-state index contributed by atoms with van der Waals surface area (Å²) in [6.07, 6.45) is 1.83. The summed E-state index contributed by atoms with van der Waals surface area (Å²) < 4.78 is 5.80. The number of rotatable bonds is 9. The second-order valence-electron chi connectivity index (χ2n) is 6.73. The third-order valence-corrected chi connectivity index (χ3v) is 4.94. The van der Waals surface area contributed by atoms with Crippen LogP contribution in [0, 0.1) is 10.1 Å². The summed E-state index contributed by atoms with van der Waals surface area (Å²) in [5.74, 6) is 0.566. The van der Waals surface area contributed by atoms with Crippen molar-refractivity contribution < 1.29 is 19.2 Å². The minimum absolute atomic E-state index is 0.0333. The van der Waals surface area contributed by atoms with Gasteiger partial charge in [0.2, 0.25) is 0 Å². The van der Waals surface area contributed by atoms with E-state index < -0.39 is 10.9 Å². The van der Waals surface area contributed by atoms with E-state index in [1.165, 1.54) is 12.1 Å². The lowest BCUT2D eigenvalue weighted by molar-refractivity contribution is -0.384. The average Bonchev–Trinajstić information content (AvgIpc) is 3.08. The molecule has 1 aromatic carbocycles. The maximum Gasteiger partial charge on any atom is 0.317 e. The van der Waals surface area contributed by atoms with E-state index in [1.807, 2.05) is 24.0 Å². The maximum absolute atomic E-state index is 10.9. The number of nitro benzene ring substituents is 1. The Balaban J connectivity index is 1.50. The minimum Gasteiger partial charge on any atom is -0.480 e. The highest BCUT2D eigenvalue weighted by molar-refractivity contribution is 5.69. The number of benzene rings is 1. The smallest absolute Gasteiger partial charge is 0.317 e. The predicted octanol–water partition coefficient (Wildman–Crippen LogP) is 2.88. The molecule has 27 heavy (non-hydrogen) atoms. The Kier molecular flexibility index (Phi) is 5.88. The largest absolute Gasteiger partial charge is 0.480 e. The first-order valence-corrected chi connectivity index (χ1v) is 8.99. The fourth-order valence-electron chi connectivity index (χ4n) is 3.37. The number of hydrogen-bond donors (Lipinski definition) is 2. The lowest BCUT2D eigenvalue weighted by atomic mass is 9.85. The normalized spacial score (nSPS) is 19.0. The standard InChI is InChI=1S/C19H23N3O5/c1-2-21(12-19(23)24)16-9-14(10-16)20-11-17-6-7-18(27-17)13-4-3-5-15(8-13)22(25)26/h3-8,14,16,20H,2,9-12H2,1H3,(H,23,24). The molecule has 8 heteroatoms. The second-order valence-corrected chi connectivity index (χ2v) is 6.73. The lowest BCUT2D eigenvalue weighted by Gasteiger charge is -2.42. The highest BCUT2D eigenvalue weighted by Gasteiger charge is 2.33. The van der Waals surface area contributed by atoms with E-state index in [1.54, 1.807) is 12.1 Å². The molecule has 0 radical (unpaired) electrons. The van der Waals surface area contributed by atoms with Crippen LogP contribution in [-0.2, 0) is 11.3 Å². The van der Waals surface area contributed by atoms with Gasteiger partial charge in [-0.15, -0.1) is 0 Å². The summed E-state index contributed by atoms with van der Waals surface area (Å²) >= 11 is 0. The SMILES string of the molecule is CCN(CC(=O)O)C1CC(NCc2ccc(-c3cccc([N+](=O)[O-])c3)o2)C1. The van der Waals surface area contributed by atoms with Crippen LogP contribution in [0.15, 0.2) is 40.8 Å². The van der Waals surface area contributed by atoms with E-state index in [0.29, 0.717) is 30.0 Å². The van der Waals surface area contributed by atoms with Crippen LogP contribution in [-0.4, -0.2) is 46.1 Å². The van der Waals surface area contributed by atoms with Crippen molar-refractivity contribution in [1.82, 2.24) is 10.2 Å². The van der Waals surface area contributed by atoms with Gasteiger partial charge >= 0.3 is 5.97 Å². The van der Waals surface area contributed by atoms with Gasteiger partial charge in [0.1, 0.15) is 11.5 Å². The van der Waals surface area contributed by atoms with Crippen molar-refractivity contribution in [2.24, 2.45) is 0 Å². The number of hydrogen-bond acceptors (Lipinski definition) is 6. The summed E-state index contributed by atoms with van der Waals surface area (Å²) in [7, 11) is 0. The molecule has 2 N–H and O–H groups in total. The van der Waals surface area contributed by atoms with E-state index in [0.717, 1.165) is 25.1 Å². The number of nitrogens with zero attached hydrogens (tertiary/aromatic N) is 2. The molecular formula is C19H23N3O5. The molecule has 1 fully saturated rings. The molecule has 0 saturated heterocycles. The number of carbonyl (C=O) groups is 1. The first-order valence-electron chi connectivity index (χ1n) is 8.99. The molecule has 0 atom stereocenters. The Bertz CT molecular complexity index is 813. The number of non-ortho nitro benzene ring substituents is 1. The Morgan fingerprint density at radius 1 is 1.37 bits per heavy atom.